The van der Waals surface area contributed by atoms with Crippen LogP contribution in [0.15, 0.2) is 34.7 Å². The Hall–Kier alpha value is -1.32. The Morgan fingerprint density at radius 2 is 2.00 bits per heavy atom. The third-order valence-corrected chi connectivity index (χ3v) is 4.03. The highest BCUT2D eigenvalue weighted by Crippen LogP contribution is 2.28. The molecule has 1 aromatic heterocycles. The summed E-state index contributed by atoms with van der Waals surface area (Å²) in [6.45, 7) is 5.94. The van der Waals surface area contributed by atoms with E-state index in [9.17, 15) is 0 Å². The normalized spacial score (nSPS) is 18.8. The van der Waals surface area contributed by atoms with Gasteiger partial charge in [-0.25, -0.2) is 0 Å². The molecule has 0 saturated carbocycles. The lowest BCUT2D eigenvalue weighted by Gasteiger charge is -2.33. The van der Waals surface area contributed by atoms with Crippen LogP contribution in [0.4, 0.5) is 0 Å². The van der Waals surface area contributed by atoms with Crippen molar-refractivity contribution in [2.45, 2.75) is 26.3 Å². The minimum atomic E-state index is 0.365. The SMILES string of the molecule is CC1(CNCc2cc3ccccc3o2)CCOCC1. The topological polar surface area (TPSA) is 34.4 Å². The summed E-state index contributed by atoms with van der Waals surface area (Å²) in [5.41, 5.74) is 1.33. The number of furan rings is 1. The number of rotatable bonds is 4. The average Bonchev–Trinajstić information content (AvgIpc) is 2.82. The van der Waals surface area contributed by atoms with Crippen LogP contribution in [0.5, 0.6) is 0 Å². The van der Waals surface area contributed by atoms with Gasteiger partial charge in [-0.15, -0.1) is 0 Å². The summed E-state index contributed by atoms with van der Waals surface area (Å²) in [7, 11) is 0. The second-order valence-corrected chi connectivity index (χ2v) is 5.78. The van der Waals surface area contributed by atoms with E-state index >= 15 is 0 Å². The van der Waals surface area contributed by atoms with Gasteiger partial charge in [-0.1, -0.05) is 25.1 Å². The summed E-state index contributed by atoms with van der Waals surface area (Å²) in [4.78, 5) is 0. The van der Waals surface area contributed by atoms with Crippen molar-refractivity contribution in [1.82, 2.24) is 5.32 Å². The van der Waals surface area contributed by atoms with Crippen LogP contribution < -0.4 is 5.32 Å². The Morgan fingerprint density at radius 1 is 1.21 bits per heavy atom. The first-order valence-corrected chi connectivity index (χ1v) is 7.01. The third-order valence-electron chi connectivity index (χ3n) is 4.03. The van der Waals surface area contributed by atoms with Gasteiger partial charge in [0.25, 0.3) is 0 Å². The van der Waals surface area contributed by atoms with E-state index in [0.29, 0.717) is 5.41 Å². The highest BCUT2D eigenvalue weighted by Gasteiger charge is 2.26. The molecule has 1 fully saturated rings. The van der Waals surface area contributed by atoms with Crippen LogP contribution in [0.1, 0.15) is 25.5 Å². The van der Waals surface area contributed by atoms with Crippen LogP contribution in [0.3, 0.4) is 0 Å². The largest absolute Gasteiger partial charge is 0.460 e. The van der Waals surface area contributed by atoms with Gasteiger partial charge in [0.05, 0.1) is 6.54 Å². The molecular weight excluding hydrogens is 238 g/mol. The van der Waals surface area contributed by atoms with Gasteiger partial charge < -0.3 is 14.5 Å². The molecule has 1 saturated heterocycles. The zero-order valence-corrected chi connectivity index (χ0v) is 11.4. The van der Waals surface area contributed by atoms with Crippen molar-refractivity contribution in [3.8, 4) is 0 Å². The van der Waals surface area contributed by atoms with Crippen molar-refractivity contribution in [1.29, 1.82) is 0 Å². The van der Waals surface area contributed by atoms with Gasteiger partial charge in [-0.05, 0) is 30.4 Å². The van der Waals surface area contributed by atoms with E-state index < -0.39 is 0 Å². The molecule has 0 aliphatic carbocycles. The number of hydrogen-bond donors (Lipinski definition) is 1. The quantitative estimate of drug-likeness (QED) is 0.914. The molecule has 1 N–H and O–H groups in total. The Morgan fingerprint density at radius 3 is 2.79 bits per heavy atom. The van der Waals surface area contributed by atoms with Crippen LogP contribution in [0, 0.1) is 5.41 Å². The predicted molar refractivity (Wildman–Crippen MR) is 76.1 cm³/mol. The van der Waals surface area contributed by atoms with Crippen molar-refractivity contribution >= 4 is 11.0 Å². The minimum Gasteiger partial charge on any atom is -0.460 e. The van der Waals surface area contributed by atoms with Crippen LogP contribution in [-0.2, 0) is 11.3 Å². The summed E-state index contributed by atoms with van der Waals surface area (Å²) in [6, 6.07) is 10.3. The van der Waals surface area contributed by atoms with Gasteiger partial charge in [0.15, 0.2) is 0 Å². The molecule has 0 radical (unpaired) electrons. The van der Waals surface area contributed by atoms with Gasteiger partial charge in [0.2, 0.25) is 0 Å². The molecule has 0 bridgehead atoms. The molecule has 0 atom stereocenters. The van der Waals surface area contributed by atoms with Crippen molar-refractivity contribution in [3.05, 3.63) is 36.1 Å². The first kappa shape index (κ1) is 12.7. The number of hydrogen-bond acceptors (Lipinski definition) is 3. The molecule has 3 rings (SSSR count). The molecule has 0 unspecified atom stereocenters. The lowest BCUT2D eigenvalue weighted by molar-refractivity contribution is 0.0238. The van der Waals surface area contributed by atoms with E-state index in [-0.39, 0.29) is 0 Å². The number of fused-ring (bicyclic) bond motifs is 1. The maximum atomic E-state index is 5.80. The first-order valence-electron chi connectivity index (χ1n) is 7.01. The van der Waals surface area contributed by atoms with E-state index in [2.05, 4.69) is 24.4 Å². The smallest absolute Gasteiger partial charge is 0.134 e. The lowest BCUT2D eigenvalue weighted by atomic mass is 9.82. The van der Waals surface area contributed by atoms with Gasteiger partial charge in [0.1, 0.15) is 11.3 Å². The number of nitrogens with one attached hydrogen (secondary N) is 1. The molecule has 1 aliphatic heterocycles. The highest BCUT2D eigenvalue weighted by atomic mass is 16.5. The van der Waals surface area contributed by atoms with Crippen LogP contribution >= 0.6 is 0 Å². The van der Waals surface area contributed by atoms with Gasteiger partial charge in [-0.3, -0.25) is 0 Å². The first-order chi connectivity index (χ1) is 9.25. The molecular formula is C16H21NO2. The third kappa shape index (κ3) is 2.99. The highest BCUT2D eigenvalue weighted by molar-refractivity contribution is 5.77. The molecule has 19 heavy (non-hydrogen) atoms. The van der Waals surface area contributed by atoms with Gasteiger partial charge in [0, 0.05) is 25.1 Å². The molecule has 3 nitrogen and oxygen atoms in total. The zero-order chi connectivity index (χ0) is 13.1. The van der Waals surface area contributed by atoms with E-state index in [1.54, 1.807) is 0 Å². The lowest BCUT2D eigenvalue weighted by Crippen LogP contribution is -2.36. The zero-order valence-electron chi connectivity index (χ0n) is 11.4. The molecule has 2 heterocycles. The monoisotopic (exact) mass is 259 g/mol. The maximum Gasteiger partial charge on any atom is 0.134 e. The van der Waals surface area contributed by atoms with Crippen LogP contribution in [0.25, 0.3) is 11.0 Å². The van der Waals surface area contributed by atoms with Crippen LogP contribution in [0.2, 0.25) is 0 Å². The summed E-state index contributed by atoms with van der Waals surface area (Å²) in [6.07, 6.45) is 2.28. The molecule has 0 amide bonds. The molecule has 0 spiro atoms. The van der Waals surface area contributed by atoms with E-state index in [1.807, 2.05) is 18.2 Å². The Labute approximate surface area is 113 Å². The van der Waals surface area contributed by atoms with E-state index in [1.165, 1.54) is 5.39 Å². The average molecular weight is 259 g/mol. The summed E-state index contributed by atoms with van der Waals surface area (Å²) in [5.74, 6) is 1.01. The Bertz CT molecular complexity index is 507. The van der Waals surface area contributed by atoms with Crippen molar-refractivity contribution < 1.29 is 9.15 Å². The summed E-state index contributed by atoms with van der Waals surface area (Å²) >= 11 is 0. The Balaban J connectivity index is 1.57. The minimum absolute atomic E-state index is 0.365. The van der Waals surface area contributed by atoms with E-state index in [0.717, 1.165) is 50.5 Å². The van der Waals surface area contributed by atoms with Crippen molar-refractivity contribution in [2.75, 3.05) is 19.8 Å². The van der Waals surface area contributed by atoms with Crippen LogP contribution in [-0.4, -0.2) is 19.8 Å². The van der Waals surface area contributed by atoms with Crippen molar-refractivity contribution in [3.63, 3.8) is 0 Å². The maximum absolute atomic E-state index is 5.80. The molecule has 2 aromatic rings. The molecule has 1 aromatic carbocycles. The number of benzene rings is 1. The summed E-state index contributed by atoms with van der Waals surface area (Å²) < 4.78 is 11.2. The standard InChI is InChI=1S/C16H21NO2/c1-16(6-8-18-9-7-16)12-17-11-14-10-13-4-2-3-5-15(13)19-14/h2-5,10,17H,6-9,11-12H2,1H3. The number of para-hydroxylation sites is 1. The molecule has 102 valence electrons. The van der Waals surface area contributed by atoms with Gasteiger partial charge >= 0.3 is 0 Å². The Kier molecular flexibility index (Phi) is 3.58. The van der Waals surface area contributed by atoms with E-state index in [4.69, 9.17) is 9.15 Å². The molecule has 3 heteroatoms. The van der Waals surface area contributed by atoms with Gasteiger partial charge in [-0.2, -0.15) is 0 Å². The fourth-order valence-electron chi connectivity index (χ4n) is 2.65. The van der Waals surface area contributed by atoms with Crippen molar-refractivity contribution in [2.24, 2.45) is 5.41 Å². The molecule has 1 aliphatic rings. The predicted octanol–water partition coefficient (Wildman–Crippen LogP) is 3.34. The second kappa shape index (κ2) is 5.35. The fraction of sp³-hybridized carbons (Fsp3) is 0.500. The fourth-order valence-corrected chi connectivity index (χ4v) is 2.65. The second-order valence-electron chi connectivity index (χ2n) is 5.78. The summed E-state index contributed by atoms with van der Waals surface area (Å²) in [5, 5.41) is 4.70. The number of ether oxygens (including phenoxy) is 1.